The number of hydrogen-bond acceptors (Lipinski definition) is 3. The summed E-state index contributed by atoms with van der Waals surface area (Å²) in [6, 6.07) is 11.4. The summed E-state index contributed by atoms with van der Waals surface area (Å²) < 4.78 is 0.819. The molecule has 0 atom stereocenters. The minimum Gasteiger partial charge on any atom is -0.397 e. The van der Waals surface area contributed by atoms with E-state index < -0.39 is 0 Å². The van der Waals surface area contributed by atoms with Gasteiger partial charge in [-0.25, -0.2) is 4.98 Å². The molecule has 0 aliphatic heterocycles. The molecule has 0 spiro atoms. The Balaban J connectivity index is 1.96. The zero-order valence-electron chi connectivity index (χ0n) is 11.4. The lowest BCUT2D eigenvalue weighted by Crippen LogP contribution is -2.03. The average Bonchev–Trinajstić information content (AvgIpc) is 2.51. The molecule has 0 aliphatic rings. The van der Waals surface area contributed by atoms with Crippen LogP contribution in [-0.4, -0.2) is 4.98 Å². The third-order valence-corrected chi connectivity index (χ3v) is 4.55. The number of rotatable bonds is 3. The molecule has 1 heterocycles. The van der Waals surface area contributed by atoms with Gasteiger partial charge in [-0.1, -0.05) is 35.3 Å². The molecule has 0 radical (unpaired) electrons. The molecule has 0 bridgehead atoms. The number of anilines is 2. The van der Waals surface area contributed by atoms with Gasteiger partial charge in [-0.2, -0.15) is 0 Å². The van der Waals surface area contributed by atoms with E-state index in [9.17, 15) is 0 Å². The molecule has 0 aliphatic carbocycles. The van der Waals surface area contributed by atoms with E-state index in [1.807, 2.05) is 30.3 Å². The summed E-state index contributed by atoms with van der Waals surface area (Å²) >= 11 is 15.5. The molecule has 112 valence electrons. The molecule has 2 aromatic carbocycles. The van der Waals surface area contributed by atoms with Crippen LogP contribution in [0.2, 0.25) is 10.0 Å². The Hall–Kier alpha value is -1.49. The van der Waals surface area contributed by atoms with Crippen LogP contribution in [0, 0.1) is 0 Å². The first-order valence-corrected chi connectivity index (χ1v) is 8.11. The van der Waals surface area contributed by atoms with Gasteiger partial charge < -0.3 is 11.1 Å². The molecular weight excluding hydrogens is 385 g/mol. The molecule has 0 fully saturated rings. The topological polar surface area (TPSA) is 50.9 Å². The van der Waals surface area contributed by atoms with Crippen molar-refractivity contribution in [2.45, 2.75) is 6.54 Å². The van der Waals surface area contributed by atoms with Gasteiger partial charge in [0, 0.05) is 33.0 Å². The highest BCUT2D eigenvalue weighted by molar-refractivity contribution is 9.10. The maximum Gasteiger partial charge on any atom is 0.134 e. The van der Waals surface area contributed by atoms with Crippen LogP contribution in [-0.2, 0) is 6.54 Å². The minimum absolute atomic E-state index is 0.531. The molecule has 1 aromatic heterocycles. The van der Waals surface area contributed by atoms with E-state index in [1.165, 1.54) is 0 Å². The molecule has 0 saturated carbocycles. The van der Waals surface area contributed by atoms with Crippen molar-refractivity contribution >= 4 is 61.4 Å². The Kier molecular flexibility index (Phi) is 4.43. The summed E-state index contributed by atoms with van der Waals surface area (Å²) in [6.07, 6.45) is 1.72. The molecule has 6 heteroatoms. The Morgan fingerprint density at radius 3 is 2.55 bits per heavy atom. The first-order valence-electron chi connectivity index (χ1n) is 6.57. The van der Waals surface area contributed by atoms with E-state index in [2.05, 4.69) is 26.2 Å². The van der Waals surface area contributed by atoms with Crippen molar-refractivity contribution in [2.24, 2.45) is 0 Å². The summed E-state index contributed by atoms with van der Waals surface area (Å²) in [4.78, 5) is 4.43. The second kappa shape index (κ2) is 6.32. The molecule has 3 rings (SSSR count). The summed E-state index contributed by atoms with van der Waals surface area (Å²) in [7, 11) is 0. The molecule has 0 saturated heterocycles. The number of hydrogen-bond donors (Lipinski definition) is 2. The van der Waals surface area contributed by atoms with Crippen molar-refractivity contribution in [1.82, 2.24) is 4.98 Å². The van der Waals surface area contributed by atoms with E-state index in [-0.39, 0.29) is 0 Å². The van der Waals surface area contributed by atoms with Crippen LogP contribution in [0.5, 0.6) is 0 Å². The summed E-state index contributed by atoms with van der Waals surface area (Å²) in [6.45, 7) is 0.642. The van der Waals surface area contributed by atoms with Crippen molar-refractivity contribution in [3.05, 3.63) is 62.7 Å². The number of fused-ring (bicyclic) bond motifs is 1. The molecular formula is C16H12BrCl2N3. The maximum atomic E-state index is 6.10. The molecule has 0 unspecified atom stereocenters. The van der Waals surface area contributed by atoms with E-state index >= 15 is 0 Å². The van der Waals surface area contributed by atoms with Crippen molar-refractivity contribution in [3.63, 3.8) is 0 Å². The van der Waals surface area contributed by atoms with Crippen LogP contribution in [0.3, 0.4) is 0 Å². The molecule has 22 heavy (non-hydrogen) atoms. The summed E-state index contributed by atoms with van der Waals surface area (Å²) in [5, 5.41) is 6.36. The van der Waals surface area contributed by atoms with Crippen molar-refractivity contribution < 1.29 is 0 Å². The molecule has 0 amide bonds. The Bertz CT molecular complexity index is 835. The molecule has 3 aromatic rings. The number of nitrogens with zero attached hydrogens (tertiary/aromatic N) is 1. The third-order valence-electron chi connectivity index (χ3n) is 3.37. The van der Waals surface area contributed by atoms with Gasteiger partial charge in [0.25, 0.3) is 0 Å². The van der Waals surface area contributed by atoms with Crippen LogP contribution in [0.15, 0.2) is 47.1 Å². The first kappa shape index (κ1) is 15.4. The maximum absolute atomic E-state index is 6.10. The van der Waals surface area contributed by atoms with Crippen LogP contribution in [0.1, 0.15) is 5.56 Å². The van der Waals surface area contributed by atoms with Gasteiger partial charge in [0.1, 0.15) is 5.82 Å². The highest BCUT2D eigenvalue weighted by Crippen LogP contribution is 2.36. The van der Waals surface area contributed by atoms with Gasteiger partial charge in [-0.05, 0) is 45.8 Å². The average molecular weight is 397 g/mol. The number of pyridine rings is 1. The smallest absolute Gasteiger partial charge is 0.134 e. The lowest BCUT2D eigenvalue weighted by Gasteiger charge is -2.12. The highest BCUT2D eigenvalue weighted by atomic mass is 79.9. The monoisotopic (exact) mass is 395 g/mol. The third kappa shape index (κ3) is 3.00. The fourth-order valence-corrected chi connectivity index (χ4v) is 3.05. The Labute approximate surface area is 146 Å². The van der Waals surface area contributed by atoms with Crippen molar-refractivity contribution in [3.8, 4) is 0 Å². The number of benzene rings is 2. The molecule has 3 nitrogen and oxygen atoms in total. The number of nitrogens with two attached hydrogens (primary N) is 1. The fourth-order valence-electron chi connectivity index (χ4n) is 2.23. The van der Waals surface area contributed by atoms with E-state index in [4.69, 9.17) is 28.9 Å². The van der Waals surface area contributed by atoms with Gasteiger partial charge >= 0.3 is 0 Å². The zero-order chi connectivity index (χ0) is 15.7. The van der Waals surface area contributed by atoms with Gasteiger partial charge in [-0.3, -0.25) is 0 Å². The van der Waals surface area contributed by atoms with Gasteiger partial charge in [0.2, 0.25) is 0 Å². The second-order valence-electron chi connectivity index (χ2n) is 4.82. The second-order valence-corrected chi connectivity index (χ2v) is 6.52. The van der Waals surface area contributed by atoms with Crippen LogP contribution < -0.4 is 11.1 Å². The van der Waals surface area contributed by atoms with Gasteiger partial charge in [0.05, 0.1) is 10.7 Å². The summed E-state index contributed by atoms with van der Waals surface area (Å²) in [5.74, 6) is 0.761. The van der Waals surface area contributed by atoms with E-state index in [1.54, 1.807) is 12.3 Å². The normalized spacial score (nSPS) is 10.9. The Morgan fingerprint density at radius 1 is 1.09 bits per heavy atom. The number of aromatic nitrogens is 1. The predicted molar refractivity (Wildman–Crippen MR) is 97.6 cm³/mol. The van der Waals surface area contributed by atoms with Crippen molar-refractivity contribution in [1.29, 1.82) is 0 Å². The number of halogens is 3. The number of nitrogens with one attached hydrogen (secondary N) is 1. The quantitative estimate of drug-likeness (QED) is 0.574. The fraction of sp³-hybridized carbons (Fsp3) is 0.0625. The van der Waals surface area contributed by atoms with Gasteiger partial charge in [0.15, 0.2) is 0 Å². The van der Waals surface area contributed by atoms with Crippen LogP contribution in [0.25, 0.3) is 10.8 Å². The minimum atomic E-state index is 0.531. The largest absolute Gasteiger partial charge is 0.397 e. The van der Waals surface area contributed by atoms with Crippen LogP contribution in [0.4, 0.5) is 11.5 Å². The lowest BCUT2D eigenvalue weighted by molar-refractivity contribution is 1.12. The standard InChI is InChI=1S/C16H12BrCl2N3/c17-12-8-22-16(11-5-6-13(19)15(20)14(11)12)21-7-9-1-3-10(18)4-2-9/h1-6,8H,7,20H2,(H,21,22). The van der Waals surface area contributed by atoms with Gasteiger partial charge in [-0.15, -0.1) is 0 Å². The van der Waals surface area contributed by atoms with Crippen LogP contribution >= 0.6 is 39.1 Å². The zero-order valence-corrected chi connectivity index (χ0v) is 14.5. The predicted octanol–water partition coefficient (Wildman–Crippen LogP) is 5.50. The van der Waals surface area contributed by atoms with Crippen molar-refractivity contribution in [2.75, 3.05) is 11.1 Å². The van der Waals surface area contributed by atoms with E-state index in [0.717, 1.165) is 31.6 Å². The number of nitrogen functional groups attached to an aromatic ring is 1. The lowest BCUT2D eigenvalue weighted by atomic mass is 10.1. The first-order chi connectivity index (χ1) is 10.6. The molecule has 3 N–H and O–H groups in total. The SMILES string of the molecule is Nc1c(Cl)ccc2c(NCc3ccc(Cl)cc3)ncc(Br)c12. The Morgan fingerprint density at radius 2 is 1.82 bits per heavy atom. The summed E-state index contributed by atoms with van der Waals surface area (Å²) in [5.41, 5.74) is 7.74. The highest BCUT2D eigenvalue weighted by Gasteiger charge is 2.11. The van der Waals surface area contributed by atoms with E-state index in [0.29, 0.717) is 17.3 Å².